The van der Waals surface area contributed by atoms with Gasteiger partial charge in [-0.15, -0.1) is 0 Å². The molecule has 0 aromatic carbocycles. The highest BCUT2D eigenvalue weighted by molar-refractivity contribution is 5.84. The number of alkyl halides is 3. The highest BCUT2D eigenvalue weighted by Gasteiger charge is 2.36. The van der Waals surface area contributed by atoms with E-state index in [-0.39, 0.29) is 18.5 Å². The van der Waals surface area contributed by atoms with Crippen LogP contribution in [0.4, 0.5) is 18.9 Å². The highest BCUT2D eigenvalue weighted by Crippen LogP contribution is 2.29. The molecule has 0 bridgehead atoms. The summed E-state index contributed by atoms with van der Waals surface area (Å²) < 4.78 is 43.4. The van der Waals surface area contributed by atoms with Crippen LogP contribution in [0.3, 0.4) is 0 Å². The molecule has 9 nitrogen and oxygen atoms in total. The van der Waals surface area contributed by atoms with Crippen molar-refractivity contribution in [2.45, 2.75) is 51.7 Å². The van der Waals surface area contributed by atoms with Crippen LogP contribution >= 0.6 is 0 Å². The van der Waals surface area contributed by atoms with Crippen LogP contribution in [0, 0.1) is 6.92 Å². The maximum absolute atomic E-state index is 13.9. The summed E-state index contributed by atoms with van der Waals surface area (Å²) in [4.78, 5) is 23.5. The van der Waals surface area contributed by atoms with E-state index in [1.807, 2.05) is 0 Å². The molecule has 1 amide bonds. The Bertz CT molecular complexity index is 937. The van der Waals surface area contributed by atoms with Gasteiger partial charge in [0.1, 0.15) is 17.1 Å². The fraction of sp³-hybridized carbons (Fsp3) is 0.636. The molecule has 2 fully saturated rings. The molecule has 188 valence electrons. The quantitative estimate of drug-likeness (QED) is 0.303. The second-order valence-electron chi connectivity index (χ2n) is 8.48. The van der Waals surface area contributed by atoms with E-state index < -0.39 is 17.6 Å². The zero-order valence-electron chi connectivity index (χ0n) is 19.7. The molecule has 1 atom stereocenters. The molecule has 0 radical (unpaired) electrons. The van der Waals surface area contributed by atoms with Gasteiger partial charge in [0.05, 0.1) is 24.3 Å². The third-order valence-electron chi connectivity index (χ3n) is 6.13. The molecule has 2 aliphatic rings. The summed E-state index contributed by atoms with van der Waals surface area (Å²) in [7, 11) is 0. The molecule has 1 unspecified atom stereocenters. The first-order chi connectivity index (χ1) is 16.2. The minimum absolute atomic E-state index is 0.0785. The molecule has 12 heteroatoms. The van der Waals surface area contributed by atoms with Gasteiger partial charge in [0.2, 0.25) is 5.91 Å². The van der Waals surface area contributed by atoms with Crippen LogP contribution in [0.25, 0.3) is 0 Å². The second-order valence-corrected chi connectivity index (χ2v) is 8.48. The van der Waals surface area contributed by atoms with Crippen molar-refractivity contribution >= 4 is 24.1 Å². The summed E-state index contributed by atoms with van der Waals surface area (Å²) in [5.41, 5.74) is 5.21. The summed E-state index contributed by atoms with van der Waals surface area (Å²) in [6, 6.07) is 0.182. The van der Waals surface area contributed by atoms with Crippen molar-refractivity contribution in [3.63, 3.8) is 0 Å². The van der Waals surface area contributed by atoms with Crippen LogP contribution in [0.5, 0.6) is 0 Å². The summed E-state index contributed by atoms with van der Waals surface area (Å²) in [6.45, 7) is 7.98. The van der Waals surface area contributed by atoms with Gasteiger partial charge in [-0.05, 0) is 32.7 Å². The molecule has 0 aliphatic carbocycles. The van der Waals surface area contributed by atoms with Crippen molar-refractivity contribution in [2.24, 2.45) is 15.7 Å². The molecule has 1 aromatic heterocycles. The Morgan fingerprint density at radius 2 is 2.18 bits per heavy atom. The number of nitrogens with zero attached hydrogens (tertiary/aromatic N) is 6. The van der Waals surface area contributed by atoms with Crippen LogP contribution in [0.15, 0.2) is 27.6 Å². The molecule has 2 saturated heterocycles. The number of amides is 1. The molecule has 0 spiro atoms. The van der Waals surface area contributed by atoms with Gasteiger partial charge in [-0.2, -0.15) is 18.3 Å². The normalized spacial score (nSPS) is 20.8. The van der Waals surface area contributed by atoms with Gasteiger partial charge in [0, 0.05) is 45.4 Å². The molecule has 34 heavy (non-hydrogen) atoms. The molecule has 1 aromatic rings. The first-order valence-electron chi connectivity index (χ1n) is 11.6. The number of aliphatic imine (C=N–C) groups is 2. The molecule has 3 rings (SSSR count). The van der Waals surface area contributed by atoms with Crippen molar-refractivity contribution in [2.75, 3.05) is 39.3 Å². The average Bonchev–Trinajstić information content (AvgIpc) is 3.50. The summed E-state index contributed by atoms with van der Waals surface area (Å²) in [6.07, 6.45) is 1.34. The average molecular weight is 483 g/mol. The minimum atomic E-state index is -4.69. The number of aryl methyl sites for hydroxylation is 1. The Morgan fingerprint density at radius 3 is 2.79 bits per heavy atom. The van der Waals surface area contributed by atoms with Gasteiger partial charge < -0.3 is 20.9 Å². The third kappa shape index (κ3) is 6.58. The van der Waals surface area contributed by atoms with Crippen molar-refractivity contribution in [1.82, 2.24) is 24.9 Å². The zero-order valence-corrected chi connectivity index (χ0v) is 19.7. The van der Waals surface area contributed by atoms with E-state index in [0.29, 0.717) is 37.3 Å². The van der Waals surface area contributed by atoms with E-state index in [0.717, 1.165) is 45.0 Å². The number of carbonyl (C=O) groups is 1. The van der Waals surface area contributed by atoms with Gasteiger partial charge in [-0.1, -0.05) is 6.92 Å². The maximum atomic E-state index is 13.9. The van der Waals surface area contributed by atoms with Crippen LogP contribution in [0.1, 0.15) is 44.3 Å². The zero-order chi connectivity index (χ0) is 24.7. The number of allylic oxidation sites excluding steroid dienone is 1. The third-order valence-corrected chi connectivity index (χ3v) is 6.13. The second kappa shape index (κ2) is 11.5. The number of rotatable bonds is 10. The van der Waals surface area contributed by atoms with Crippen molar-refractivity contribution in [1.29, 1.82) is 0 Å². The van der Waals surface area contributed by atoms with Crippen molar-refractivity contribution < 1.29 is 18.0 Å². The van der Waals surface area contributed by atoms with Gasteiger partial charge in [-0.3, -0.25) is 14.5 Å². The standard InChI is InChI=1S/C22H33F3N8O/c1-3-31-11-7-17(13-31)33-14-19(16(2)30-33)28-12-18(22(23,24)25)21(29-15-26)27-8-5-10-32-9-4-6-20(32)34/h12,14-15,17,27H,3-11,13H2,1-2H3,(H2,26,29)/b21-18+,28-12-. The smallest absolute Gasteiger partial charge is 0.390 e. The summed E-state index contributed by atoms with van der Waals surface area (Å²) in [5.74, 6) is -0.333. The molecule has 0 saturated carbocycles. The van der Waals surface area contributed by atoms with E-state index >= 15 is 0 Å². The predicted octanol–water partition coefficient (Wildman–Crippen LogP) is 2.52. The molecule has 3 heterocycles. The summed E-state index contributed by atoms with van der Waals surface area (Å²) in [5, 5.41) is 7.17. The predicted molar refractivity (Wildman–Crippen MR) is 125 cm³/mol. The Labute approximate surface area is 197 Å². The van der Waals surface area contributed by atoms with Gasteiger partial charge in [-0.25, -0.2) is 4.99 Å². The van der Waals surface area contributed by atoms with E-state index in [2.05, 4.69) is 32.2 Å². The number of hydrogen-bond acceptors (Lipinski definition) is 6. The van der Waals surface area contributed by atoms with Crippen LogP contribution in [-0.2, 0) is 4.79 Å². The van der Waals surface area contributed by atoms with E-state index in [4.69, 9.17) is 5.73 Å². The largest absolute Gasteiger partial charge is 0.421 e. The molecular weight excluding hydrogens is 449 g/mol. The van der Waals surface area contributed by atoms with Crippen LogP contribution in [-0.4, -0.2) is 83.5 Å². The van der Waals surface area contributed by atoms with Gasteiger partial charge >= 0.3 is 6.18 Å². The van der Waals surface area contributed by atoms with Crippen LogP contribution in [0.2, 0.25) is 0 Å². The molecular formula is C22H33F3N8O. The van der Waals surface area contributed by atoms with Gasteiger partial charge in [0.15, 0.2) is 0 Å². The Hall–Kier alpha value is -2.89. The van der Waals surface area contributed by atoms with Crippen molar-refractivity contribution in [3.8, 4) is 0 Å². The van der Waals surface area contributed by atoms with E-state index in [1.165, 1.54) is 0 Å². The monoisotopic (exact) mass is 482 g/mol. The number of nitrogens with two attached hydrogens (primary N) is 1. The lowest BCUT2D eigenvalue weighted by atomic mass is 10.2. The number of aromatic nitrogens is 2. The highest BCUT2D eigenvalue weighted by atomic mass is 19.4. The fourth-order valence-corrected chi connectivity index (χ4v) is 4.21. The number of nitrogens with one attached hydrogen (secondary N) is 1. The summed E-state index contributed by atoms with van der Waals surface area (Å²) >= 11 is 0. The number of likely N-dealkylation sites (N-methyl/N-ethyl adjacent to an activating group) is 1. The number of hydrogen-bond donors (Lipinski definition) is 2. The molecule has 3 N–H and O–H groups in total. The lowest BCUT2D eigenvalue weighted by Gasteiger charge is -2.17. The number of carbonyl (C=O) groups excluding carboxylic acids is 1. The van der Waals surface area contributed by atoms with E-state index in [9.17, 15) is 18.0 Å². The van der Waals surface area contributed by atoms with Gasteiger partial charge in [0.25, 0.3) is 0 Å². The number of likely N-dealkylation sites (tertiary alicyclic amines) is 2. The van der Waals surface area contributed by atoms with E-state index in [1.54, 1.807) is 22.7 Å². The van der Waals surface area contributed by atoms with Crippen molar-refractivity contribution in [3.05, 3.63) is 23.3 Å². The lowest BCUT2D eigenvalue weighted by molar-refractivity contribution is -0.127. The lowest BCUT2D eigenvalue weighted by Crippen LogP contribution is -2.29. The molecule has 2 aliphatic heterocycles. The topological polar surface area (TPSA) is 104 Å². The minimum Gasteiger partial charge on any atom is -0.390 e. The Kier molecular flexibility index (Phi) is 8.70. The number of halogens is 3. The SMILES string of the molecule is CCN1CCC(n2cc(\N=C/C(=C(\N=C\N)NCCCN3CCCC3=O)C(F)(F)F)c(C)n2)C1. The van der Waals surface area contributed by atoms with Crippen LogP contribution < -0.4 is 11.1 Å². The Balaban J connectivity index is 1.73. The maximum Gasteiger partial charge on any atom is 0.421 e. The first-order valence-corrected chi connectivity index (χ1v) is 11.6. The fourth-order valence-electron chi connectivity index (χ4n) is 4.21. The Morgan fingerprint density at radius 1 is 1.38 bits per heavy atom. The first kappa shape index (κ1) is 25.7.